The zero-order chi connectivity index (χ0) is 18.5. The predicted octanol–water partition coefficient (Wildman–Crippen LogP) is 0.920. The number of aryl methyl sites for hydroxylation is 1. The van der Waals surface area contributed by atoms with Crippen LogP contribution in [0.4, 0.5) is 0 Å². The predicted molar refractivity (Wildman–Crippen MR) is 94.3 cm³/mol. The Morgan fingerprint density at radius 1 is 1.35 bits per heavy atom. The third-order valence-electron chi connectivity index (χ3n) is 4.87. The molecule has 1 aliphatic heterocycles. The number of aliphatic carboxylic acids is 1. The van der Waals surface area contributed by atoms with Crippen molar-refractivity contribution in [1.29, 1.82) is 0 Å². The summed E-state index contributed by atoms with van der Waals surface area (Å²) in [6.07, 6.45) is 1.68. The van der Waals surface area contributed by atoms with E-state index in [4.69, 9.17) is 5.11 Å². The monoisotopic (exact) mass is 357 g/mol. The van der Waals surface area contributed by atoms with Gasteiger partial charge in [-0.25, -0.2) is 0 Å². The van der Waals surface area contributed by atoms with Crippen LogP contribution in [-0.2, 0) is 16.1 Å². The van der Waals surface area contributed by atoms with Gasteiger partial charge in [-0.15, -0.1) is 0 Å². The summed E-state index contributed by atoms with van der Waals surface area (Å²) in [4.78, 5) is 25.4. The normalized spacial score (nSPS) is 20.2. The second kappa shape index (κ2) is 8.09. The minimum atomic E-state index is -0.839. The van der Waals surface area contributed by atoms with Crippen molar-refractivity contribution in [3.05, 3.63) is 47.3 Å². The highest BCUT2D eigenvalue weighted by Gasteiger charge is 2.37. The number of benzene rings is 1. The minimum absolute atomic E-state index is 0.0333. The summed E-state index contributed by atoms with van der Waals surface area (Å²) >= 11 is 0. The molecule has 1 aromatic carbocycles. The van der Waals surface area contributed by atoms with Crippen LogP contribution in [-0.4, -0.2) is 56.9 Å². The van der Waals surface area contributed by atoms with Gasteiger partial charge in [0, 0.05) is 25.6 Å². The molecule has 1 fully saturated rings. The Bertz CT molecular complexity index is 762. The highest BCUT2D eigenvalue weighted by molar-refractivity contribution is 5.78. The van der Waals surface area contributed by atoms with Gasteiger partial charge in [0.15, 0.2) is 0 Å². The van der Waals surface area contributed by atoms with Gasteiger partial charge in [0.2, 0.25) is 5.91 Å². The lowest BCUT2D eigenvalue weighted by Gasteiger charge is -2.15. The van der Waals surface area contributed by atoms with Gasteiger partial charge < -0.3 is 10.4 Å². The van der Waals surface area contributed by atoms with E-state index >= 15 is 0 Å². The molecule has 26 heavy (non-hydrogen) atoms. The maximum atomic E-state index is 12.3. The second-order valence-electron chi connectivity index (χ2n) is 6.76. The highest BCUT2D eigenvalue weighted by atomic mass is 16.4. The lowest BCUT2D eigenvalue weighted by Crippen LogP contribution is -2.36. The summed E-state index contributed by atoms with van der Waals surface area (Å²) in [5.41, 5.74) is 2.98. The molecule has 0 unspecified atom stereocenters. The number of aromatic amines is 1. The van der Waals surface area contributed by atoms with Crippen molar-refractivity contribution in [2.75, 3.05) is 19.6 Å². The Kier molecular flexibility index (Phi) is 5.62. The first kappa shape index (κ1) is 18.1. The standard InChI is InChI=1S/C18H23N5O3/c1-12-4-2-3-5-13(12)7-19-17(24)11-23-9-14(6-18(25)26)15(10-23)16-8-20-22-21-16/h2-5,8,14-15H,6-7,9-11H2,1H3,(H,19,24)(H,25,26)(H,20,21,22)/t14-,15+/m0/s1. The van der Waals surface area contributed by atoms with Crippen LogP contribution in [0.15, 0.2) is 30.5 Å². The van der Waals surface area contributed by atoms with E-state index in [0.29, 0.717) is 19.6 Å². The molecule has 3 N–H and O–H groups in total. The number of carboxylic acids is 1. The molecule has 8 heteroatoms. The molecule has 0 aliphatic carbocycles. The van der Waals surface area contributed by atoms with Gasteiger partial charge in [-0.1, -0.05) is 24.3 Å². The Morgan fingerprint density at radius 3 is 2.85 bits per heavy atom. The van der Waals surface area contributed by atoms with E-state index in [1.165, 1.54) is 0 Å². The zero-order valence-corrected chi connectivity index (χ0v) is 14.7. The van der Waals surface area contributed by atoms with Crippen molar-refractivity contribution < 1.29 is 14.7 Å². The number of carboxylic acid groups (broad SMARTS) is 1. The molecule has 2 heterocycles. The maximum absolute atomic E-state index is 12.3. The van der Waals surface area contributed by atoms with Crippen molar-refractivity contribution in [3.63, 3.8) is 0 Å². The summed E-state index contributed by atoms with van der Waals surface area (Å²) in [6.45, 7) is 3.91. The van der Waals surface area contributed by atoms with Gasteiger partial charge in [0.25, 0.3) is 0 Å². The van der Waals surface area contributed by atoms with E-state index in [2.05, 4.69) is 20.7 Å². The first-order valence-corrected chi connectivity index (χ1v) is 8.64. The average Bonchev–Trinajstić information content (AvgIpc) is 3.23. The molecule has 2 atom stereocenters. The first-order chi connectivity index (χ1) is 12.5. The first-order valence-electron chi connectivity index (χ1n) is 8.64. The van der Waals surface area contributed by atoms with Crippen molar-refractivity contribution in [2.45, 2.75) is 25.8 Å². The van der Waals surface area contributed by atoms with E-state index in [9.17, 15) is 9.59 Å². The lowest BCUT2D eigenvalue weighted by atomic mass is 9.91. The summed E-state index contributed by atoms with van der Waals surface area (Å²) in [5, 5.41) is 22.6. The van der Waals surface area contributed by atoms with E-state index < -0.39 is 5.97 Å². The fourth-order valence-corrected chi connectivity index (χ4v) is 3.51. The number of hydrogen-bond donors (Lipinski definition) is 3. The SMILES string of the molecule is Cc1ccccc1CNC(=O)CN1C[C@H](CC(=O)O)[C@H](c2cn[nH]n2)C1. The number of aromatic nitrogens is 3. The molecule has 1 aromatic heterocycles. The molecular weight excluding hydrogens is 334 g/mol. The molecule has 1 saturated heterocycles. The zero-order valence-electron chi connectivity index (χ0n) is 14.7. The van der Waals surface area contributed by atoms with Crippen LogP contribution in [0.3, 0.4) is 0 Å². The second-order valence-corrected chi connectivity index (χ2v) is 6.76. The molecule has 0 spiro atoms. The Morgan fingerprint density at radius 2 is 2.15 bits per heavy atom. The molecule has 0 bridgehead atoms. The number of amides is 1. The molecule has 1 amide bonds. The number of nitrogens with zero attached hydrogens (tertiary/aromatic N) is 3. The fourth-order valence-electron chi connectivity index (χ4n) is 3.51. The largest absolute Gasteiger partial charge is 0.481 e. The summed E-state index contributed by atoms with van der Waals surface area (Å²) < 4.78 is 0. The van der Waals surface area contributed by atoms with Crippen LogP contribution in [0.5, 0.6) is 0 Å². The van der Waals surface area contributed by atoms with Gasteiger partial charge >= 0.3 is 5.97 Å². The smallest absolute Gasteiger partial charge is 0.303 e. The van der Waals surface area contributed by atoms with E-state index in [0.717, 1.165) is 16.8 Å². The van der Waals surface area contributed by atoms with Crippen LogP contribution >= 0.6 is 0 Å². The molecular formula is C18H23N5O3. The van der Waals surface area contributed by atoms with E-state index in [-0.39, 0.29) is 30.7 Å². The van der Waals surface area contributed by atoms with Crippen LogP contribution in [0.1, 0.15) is 29.2 Å². The molecule has 1 aliphatic rings. The van der Waals surface area contributed by atoms with Crippen molar-refractivity contribution in [1.82, 2.24) is 25.6 Å². The number of nitrogens with one attached hydrogen (secondary N) is 2. The summed E-state index contributed by atoms with van der Waals surface area (Å²) in [6, 6.07) is 7.93. The third kappa shape index (κ3) is 4.45. The molecule has 3 rings (SSSR count). The highest BCUT2D eigenvalue weighted by Crippen LogP contribution is 2.33. The van der Waals surface area contributed by atoms with Crippen molar-refractivity contribution in [2.24, 2.45) is 5.92 Å². The number of rotatable bonds is 7. The molecule has 0 saturated carbocycles. The van der Waals surface area contributed by atoms with Gasteiger partial charge in [0.05, 0.1) is 24.9 Å². The number of likely N-dealkylation sites (tertiary alicyclic amines) is 1. The van der Waals surface area contributed by atoms with Crippen molar-refractivity contribution >= 4 is 11.9 Å². The molecule has 138 valence electrons. The van der Waals surface area contributed by atoms with Gasteiger partial charge in [-0.2, -0.15) is 15.4 Å². The molecule has 0 radical (unpaired) electrons. The fraction of sp³-hybridized carbons (Fsp3) is 0.444. The average molecular weight is 357 g/mol. The number of hydrogen-bond acceptors (Lipinski definition) is 5. The minimum Gasteiger partial charge on any atom is -0.481 e. The lowest BCUT2D eigenvalue weighted by molar-refractivity contribution is -0.138. The Labute approximate surface area is 151 Å². The third-order valence-corrected chi connectivity index (χ3v) is 4.87. The van der Waals surface area contributed by atoms with Gasteiger partial charge in [-0.05, 0) is 24.0 Å². The maximum Gasteiger partial charge on any atom is 0.303 e. The quantitative estimate of drug-likeness (QED) is 0.679. The van der Waals surface area contributed by atoms with E-state index in [1.807, 2.05) is 36.1 Å². The number of H-pyrrole nitrogens is 1. The number of carbonyl (C=O) groups is 2. The van der Waals surface area contributed by atoms with Crippen LogP contribution in [0.25, 0.3) is 0 Å². The van der Waals surface area contributed by atoms with Crippen LogP contribution in [0, 0.1) is 12.8 Å². The Hall–Kier alpha value is -2.74. The van der Waals surface area contributed by atoms with Gasteiger partial charge in [-0.3, -0.25) is 14.5 Å². The molecule has 2 aromatic rings. The number of carbonyl (C=O) groups excluding carboxylic acids is 1. The summed E-state index contributed by atoms with van der Waals surface area (Å²) in [5.74, 6) is -1.02. The van der Waals surface area contributed by atoms with Crippen molar-refractivity contribution in [3.8, 4) is 0 Å². The topological polar surface area (TPSA) is 111 Å². The molecule has 8 nitrogen and oxygen atoms in total. The van der Waals surface area contributed by atoms with Gasteiger partial charge in [0.1, 0.15) is 0 Å². The Balaban J connectivity index is 1.56. The van der Waals surface area contributed by atoms with Crippen LogP contribution in [0.2, 0.25) is 0 Å². The van der Waals surface area contributed by atoms with Crippen LogP contribution < -0.4 is 5.32 Å². The van der Waals surface area contributed by atoms with E-state index in [1.54, 1.807) is 6.20 Å². The summed E-state index contributed by atoms with van der Waals surface area (Å²) in [7, 11) is 0.